The molecule has 0 aromatic heterocycles. The van der Waals surface area contributed by atoms with Gasteiger partial charge in [0.1, 0.15) is 5.75 Å². The molecule has 0 fully saturated rings. The number of anilines is 2. The quantitative estimate of drug-likeness (QED) is 0.793. The minimum absolute atomic E-state index is 0.0331. The van der Waals surface area contributed by atoms with Crippen LogP contribution in [0.25, 0.3) is 0 Å². The van der Waals surface area contributed by atoms with E-state index >= 15 is 0 Å². The third-order valence-corrected chi connectivity index (χ3v) is 3.75. The van der Waals surface area contributed by atoms with Crippen molar-refractivity contribution in [3.63, 3.8) is 0 Å². The summed E-state index contributed by atoms with van der Waals surface area (Å²) in [5.41, 5.74) is 8.82. The molecule has 1 heterocycles. The van der Waals surface area contributed by atoms with E-state index in [1.54, 1.807) is 11.0 Å². The summed E-state index contributed by atoms with van der Waals surface area (Å²) in [7, 11) is 0. The van der Waals surface area contributed by atoms with Crippen LogP contribution in [0.2, 0.25) is 5.02 Å². The van der Waals surface area contributed by atoms with Crippen LogP contribution >= 0.6 is 11.6 Å². The Labute approximate surface area is 121 Å². The van der Waals surface area contributed by atoms with Crippen LogP contribution in [0.4, 0.5) is 11.4 Å². The Morgan fingerprint density at radius 2 is 2.05 bits per heavy atom. The maximum Gasteiger partial charge on any atom is 0.258 e. The number of nitrogens with two attached hydrogens (primary N) is 1. The van der Waals surface area contributed by atoms with Crippen LogP contribution in [0.15, 0.2) is 36.4 Å². The molecular weight excluding hydrogens is 276 g/mol. The van der Waals surface area contributed by atoms with E-state index in [0.717, 1.165) is 17.7 Å². The summed E-state index contributed by atoms with van der Waals surface area (Å²) in [5.74, 6) is -0.175. The van der Waals surface area contributed by atoms with Crippen LogP contribution in [0.5, 0.6) is 5.75 Å². The fourth-order valence-corrected chi connectivity index (χ4v) is 2.58. The van der Waals surface area contributed by atoms with Gasteiger partial charge in [0.25, 0.3) is 5.91 Å². The summed E-state index contributed by atoms with van der Waals surface area (Å²) < 4.78 is 0. The summed E-state index contributed by atoms with van der Waals surface area (Å²) in [6.07, 6.45) is 0.813. The van der Waals surface area contributed by atoms with E-state index in [9.17, 15) is 9.90 Å². The van der Waals surface area contributed by atoms with Crippen molar-refractivity contribution in [1.29, 1.82) is 0 Å². The number of amides is 1. The second-order valence-electron chi connectivity index (χ2n) is 4.76. The third-order valence-electron chi connectivity index (χ3n) is 3.44. The van der Waals surface area contributed by atoms with Crippen molar-refractivity contribution < 1.29 is 9.90 Å². The van der Waals surface area contributed by atoms with Gasteiger partial charge in [-0.25, -0.2) is 0 Å². The van der Waals surface area contributed by atoms with Crippen molar-refractivity contribution in [2.75, 3.05) is 17.2 Å². The molecule has 5 heteroatoms. The molecule has 3 N–H and O–H groups in total. The van der Waals surface area contributed by atoms with E-state index < -0.39 is 0 Å². The van der Waals surface area contributed by atoms with E-state index in [1.807, 2.05) is 18.2 Å². The standard InChI is InChI=1S/C15H13ClN2O2/c16-12-7-10(2-4-14(12)19)15(20)18-6-5-9-1-3-11(17)8-13(9)18/h1-4,7-8,19H,5-6,17H2. The number of hydrogen-bond donors (Lipinski definition) is 2. The molecule has 102 valence electrons. The number of aromatic hydroxyl groups is 1. The number of halogens is 1. The smallest absolute Gasteiger partial charge is 0.258 e. The lowest BCUT2D eigenvalue weighted by Crippen LogP contribution is -2.28. The Hall–Kier alpha value is -2.20. The van der Waals surface area contributed by atoms with Crippen LogP contribution in [0.1, 0.15) is 15.9 Å². The SMILES string of the molecule is Nc1ccc2c(c1)N(C(=O)c1ccc(O)c(Cl)c1)CC2. The predicted molar refractivity (Wildman–Crippen MR) is 79.4 cm³/mol. The monoisotopic (exact) mass is 288 g/mol. The Morgan fingerprint density at radius 1 is 1.25 bits per heavy atom. The minimum Gasteiger partial charge on any atom is -0.506 e. The van der Waals surface area contributed by atoms with Crippen molar-refractivity contribution in [2.24, 2.45) is 0 Å². The zero-order valence-corrected chi connectivity index (χ0v) is 11.4. The van der Waals surface area contributed by atoms with Crippen molar-refractivity contribution in [3.8, 4) is 5.75 Å². The van der Waals surface area contributed by atoms with Crippen molar-refractivity contribution in [1.82, 2.24) is 0 Å². The molecule has 2 aromatic carbocycles. The molecule has 0 aliphatic carbocycles. The number of phenols is 1. The Balaban J connectivity index is 1.97. The number of phenolic OH excluding ortho intramolecular Hbond substituents is 1. The first-order valence-corrected chi connectivity index (χ1v) is 6.63. The first-order chi connectivity index (χ1) is 9.56. The predicted octanol–water partition coefficient (Wildman–Crippen LogP) is 2.83. The van der Waals surface area contributed by atoms with Crippen LogP contribution in [0.3, 0.4) is 0 Å². The van der Waals surface area contributed by atoms with Crippen molar-refractivity contribution in [3.05, 3.63) is 52.5 Å². The second kappa shape index (κ2) is 4.72. The lowest BCUT2D eigenvalue weighted by atomic mass is 10.1. The number of carbonyl (C=O) groups is 1. The number of nitrogens with zero attached hydrogens (tertiary/aromatic N) is 1. The van der Waals surface area contributed by atoms with Gasteiger partial charge >= 0.3 is 0 Å². The summed E-state index contributed by atoms with van der Waals surface area (Å²) >= 11 is 5.85. The molecule has 2 aromatic rings. The number of benzene rings is 2. The maximum atomic E-state index is 12.5. The molecule has 0 unspecified atom stereocenters. The van der Waals surface area contributed by atoms with Crippen LogP contribution in [-0.4, -0.2) is 17.6 Å². The highest BCUT2D eigenvalue weighted by atomic mass is 35.5. The third kappa shape index (κ3) is 2.08. The summed E-state index contributed by atoms with van der Waals surface area (Å²) in [6.45, 7) is 0.621. The molecule has 1 aliphatic rings. The summed E-state index contributed by atoms with van der Waals surface area (Å²) in [6, 6.07) is 10.1. The molecule has 4 nitrogen and oxygen atoms in total. The molecule has 0 atom stereocenters. The maximum absolute atomic E-state index is 12.5. The highest BCUT2D eigenvalue weighted by Crippen LogP contribution is 2.32. The lowest BCUT2D eigenvalue weighted by molar-refractivity contribution is 0.0989. The molecule has 1 amide bonds. The van der Waals surface area contributed by atoms with Gasteiger partial charge in [0.05, 0.1) is 5.02 Å². The highest BCUT2D eigenvalue weighted by Gasteiger charge is 2.26. The van der Waals surface area contributed by atoms with Crippen LogP contribution < -0.4 is 10.6 Å². The van der Waals surface area contributed by atoms with Gasteiger partial charge in [0.2, 0.25) is 0 Å². The van der Waals surface area contributed by atoms with Crippen LogP contribution in [-0.2, 0) is 6.42 Å². The first-order valence-electron chi connectivity index (χ1n) is 6.25. The molecule has 0 bridgehead atoms. The number of fused-ring (bicyclic) bond motifs is 1. The largest absolute Gasteiger partial charge is 0.506 e. The van der Waals surface area contributed by atoms with Gasteiger partial charge in [-0.3, -0.25) is 4.79 Å². The first kappa shape index (κ1) is 12.8. The molecule has 0 spiro atoms. The van der Waals surface area contributed by atoms with Gasteiger partial charge in [-0.1, -0.05) is 17.7 Å². The number of rotatable bonds is 1. The zero-order valence-electron chi connectivity index (χ0n) is 10.6. The molecule has 0 saturated carbocycles. The Kier molecular flexibility index (Phi) is 3.03. The average molecular weight is 289 g/mol. The second-order valence-corrected chi connectivity index (χ2v) is 5.17. The average Bonchev–Trinajstić information content (AvgIpc) is 2.84. The van der Waals surface area contributed by atoms with Gasteiger partial charge in [-0.15, -0.1) is 0 Å². The van der Waals surface area contributed by atoms with Gasteiger partial charge in [-0.2, -0.15) is 0 Å². The fourth-order valence-electron chi connectivity index (χ4n) is 2.40. The zero-order chi connectivity index (χ0) is 14.3. The normalized spacial score (nSPS) is 13.3. The molecule has 1 aliphatic heterocycles. The number of hydrogen-bond acceptors (Lipinski definition) is 3. The highest BCUT2D eigenvalue weighted by molar-refractivity contribution is 6.32. The van der Waals surface area contributed by atoms with Gasteiger partial charge < -0.3 is 15.7 Å². The van der Waals surface area contributed by atoms with Gasteiger partial charge in [0, 0.05) is 23.5 Å². The Bertz CT molecular complexity index is 700. The Morgan fingerprint density at radius 3 is 2.80 bits per heavy atom. The number of carbonyl (C=O) groups excluding carboxylic acids is 1. The molecule has 0 saturated heterocycles. The molecule has 20 heavy (non-hydrogen) atoms. The lowest BCUT2D eigenvalue weighted by Gasteiger charge is -2.18. The number of nitrogen functional groups attached to an aromatic ring is 1. The van der Waals surface area contributed by atoms with Gasteiger partial charge in [-0.05, 0) is 42.3 Å². The van der Waals surface area contributed by atoms with Crippen molar-refractivity contribution in [2.45, 2.75) is 6.42 Å². The van der Waals surface area contributed by atoms with E-state index in [1.165, 1.54) is 12.1 Å². The van der Waals surface area contributed by atoms with E-state index in [4.69, 9.17) is 17.3 Å². The fraction of sp³-hybridized carbons (Fsp3) is 0.133. The van der Waals surface area contributed by atoms with E-state index in [0.29, 0.717) is 17.8 Å². The minimum atomic E-state index is -0.142. The summed E-state index contributed by atoms with van der Waals surface area (Å²) in [5, 5.41) is 9.58. The van der Waals surface area contributed by atoms with E-state index in [-0.39, 0.29) is 16.7 Å². The van der Waals surface area contributed by atoms with Crippen molar-refractivity contribution >= 4 is 28.9 Å². The van der Waals surface area contributed by atoms with E-state index in [2.05, 4.69) is 0 Å². The summed E-state index contributed by atoms with van der Waals surface area (Å²) in [4.78, 5) is 14.2. The van der Waals surface area contributed by atoms with Crippen LogP contribution in [0, 0.1) is 0 Å². The molecule has 0 radical (unpaired) electrons. The topological polar surface area (TPSA) is 66.6 Å². The molecular formula is C15H13ClN2O2. The van der Waals surface area contributed by atoms with Gasteiger partial charge in [0.15, 0.2) is 0 Å². The molecule has 3 rings (SSSR count).